The van der Waals surface area contributed by atoms with Gasteiger partial charge in [0.05, 0.1) is 10.6 Å². The Balaban J connectivity index is 1.57. The number of nitrogens with zero attached hydrogens (tertiary/aromatic N) is 3. The van der Waals surface area contributed by atoms with Gasteiger partial charge >= 0.3 is 0 Å². The summed E-state index contributed by atoms with van der Waals surface area (Å²) in [5.41, 5.74) is 3.50. The lowest BCUT2D eigenvalue weighted by molar-refractivity contribution is -0.131. The lowest BCUT2D eigenvalue weighted by Gasteiger charge is -2.30. The van der Waals surface area contributed by atoms with Gasteiger partial charge in [-0.2, -0.15) is 0 Å². The van der Waals surface area contributed by atoms with Crippen LogP contribution in [0.15, 0.2) is 34.2 Å². The molecule has 0 bridgehead atoms. The highest BCUT2D eigenvalue weighted by molar-refractivity contribution is 8.00. The van der Waals surface area contributed by atoms with Gasteiger partial charge in [0.2, 0.25) is 5.91 Å². The summed E-state index contributed by atoms with van der Waals surface area (Å²) < 4.78 is 1.57. The third-order valence-electron chi connectivity index (χ3n) is 5.44. The quantitative estimate of drug-likeness (QED) is 0.486. The van der Waals surface area contributed by atoms with Crippen LogP contribution in [0.2, 0.25) is 0 Å². The van der Waals surface area contributed by atoms with Crippen LogP contribution in [0.1, 0.15) is 28.5 Å². The molecule has 1 unspecified atom stereocenters. The molecule has 1 aliphatic heterocycles. The van der Waals surface area contributed by atoms with E-state index in [1.807, 2.05) is 37.8 Å². The van der Waals surface area contributed by atoms with Gasteiger partial charge in [-0.25, -0.2) is 4.98 Å². The van der Waals surface area contributed by atoms with E-state index >= 15 is 0 Å². The smallest absolute Gasteiger partial charge is 0.262 e. The van der Waals surface area contributed by atoms with Gasteiger partial charge in [0.1, 0.15) is 4.83 Å². The van der Waals surface area contributed by atoms with Crippen LogP contribution in [0.5, 0.6) is 0 Å². The van der Waals surface area contributed by atoms with E-state index in [2.05, 4.69) is 12.1 Å². The van der Waals surface area contributed by atoms with E-state index < -0.39 is 0 Å². The molecule has 1 aliphatic rings. The molecule has 2 aromatic heterocycles. The van der Waals surface area contributed by atoms with Crippen molar-refractivity contribution in [2.24, 2.45) is 7.05 Å². The number of fused-ring (bicyclic) bond motifs is 2. The average molecular weight is 414 g/mol. The number of thiophene rings is 1. The lowest BCUT2D eigenvalue weighted by atomic mass is 10.00. The predicted octanol–water partition coefficient (Wildman–Crippen LogP) is 3.68. The maximum absolute atomic E-state index is 13.0. The van der Waals surface area contributed by atoms with Crippen molar-refractivity contribution in [2.45, 2.75) is 44.1 Å². The highest BCUT2D eigenvalue weighted by atomic mass is 32.2. The molecule has 28 heavy (non-hydrogen) atoms. The topological polar surface area (TPSA) is 55.2 Å². The molecular weight excluding hydrogens is 390 g/mol. The number of thioether (sulfide) groups is 1. The SMILES string of the molecule is Cc1sc2nc(SC(C)C(=O)N3CCc4ccccc4C3)n(C)c(=O)c2c1C. The maximum Gasteiger partial charge on any atom is 0.262 e. The molecule has 7 heteroatoms. The van der Waals surface area contributed by atoms with Crippen LogP contribution in [0.3, 0.4) is 0 Å². The molecule has 0 radical (unpaired) electrons. The number of carbonyl (C=O) groups is 1. The van der Waals surface area contributed by atoms with Gasteiger partial charge in [0.25, 0.3) is 5.56 Å². The third kappa shape index (κ3) is 3.26. The Labute approximate surface area is 172 Å². The third-order valence-corrected chi connectivity index (χ3v) is 7.67. The van der Waals surface area contributed by atoms with Crippen molar-refractivity contribution in [1.29, 1.82) is 0 Å². The molecule has 0 spiro atoms. The summed E-state index contributed by atoms with van der Waals surface area (Å²) in [6, 6.07) is 8.29. The first kappa shape index (κ1) is 19.2. The first-order chi connectivity index (χ1) is 13.4. The highest BCUT2D eigenvalue weighted by Gasteiger charge is 2.26. The number of aryl methyl sites for hydroxylation is 2. The van der Waals surface area contributed by atoms with E-state index in [0.29, 0.717) is 17.1 Å². The Hall–Kier alpha value is -2.12. The predicted molar refractivity (Wildman–Crippen MR) is 115 cm³/mol. The van der Waals surface area contributed by atoms with Gasteiger partial charge in [-0.15, -0.1) is 11.3 Å². The Morgan fingerprint density at radius 1 is 1.25 bits per heavy atom. The van der Waals surface area contributed by atoms with Crippen LogP contribution in [0.25, 0.3) is 10.2 Å². The van der Waals surface area contributed by atoms with Crippen molar-refractivity contribution in [2.75, 3.05) is 6.54 Å². The minimum atomic E-state index is -0.303. The van der Waals surface area contributed by atoms with Crippen LogP contribution < -0.4 is 5.56 Å². The maximum atomic E-state index is 13.0. The molecular formula is C21H23N3O2S2. The largest absolute Gasteiger partial charge is 0.337 e. The number of aromatic nitrogens is 2. The monoisotopic (exact) mass is 413 g/mol. The van der Waals surface area contributed by atoms with Crippen LogP contribution in [-0.2, 0) is 24.8 Å². The first-order valence-corrected chi connectivity index (χ1v) is 11.1. The van der Waals surface area contributed by atoms with Gasteiger partial charge in [-0.3, -0.25) is 14.2 Å². The van der Waals surface area contributed by atoms with Gasteiger partial charge in [0.15, 0.2) is 5.16 Å². The summed E-state index contributed by atoms with van der Waals surface area (Å²) in [6.45, 7) is 7.25. The number of amides is 1. The fourth-order valence-electron chi connectivity index (χ4n) is 3.61. The van der Waals surface area contributed by atoms with E-state index in [9.17, 15) is 9.59 Å². The standard InChI is InChI=1S/C21H23N3O2S2/c1-12-13(2)27-18-17(12)20(26)23(4)21(22-18)28-14(3)19(25)24-10-9-15-7-5-6-8-16(15)11-24/h5-8,14H,9-11H2,1-4H3. The van der Waals surface area contributed by atoms with Gasteiger partial charge in [-0.05, 0) is 43.9 Å². The first-order valence-electron chi connectivity index (χ1n) is 9.35. The molecule has 3 heterocycles. The summed E-state index contributed by atoms with van der Waals surface area (Å²) in [5, 5.41) is 0.987. The van der Waals surface area contributed by atoms with E-state index in [1.54, 1.807) is 11.6 Å². The normalized spacial score (nSPS) is 14.9. The number of benzene rings is 1. The summed E-state index contributed by atoms with van der Waals surface area (Å²) >= 11 is 2.90. The fraction of sp³-hybridized carbons (Fsp3) is 0.381. The molecule has 3 aromatic rings. The molecule has 4 rings (SSSR count). The number of carbonyl (C=O) groups excluding carboxylic acids is 1. The molecule has 0 N–H and O–H groups in total. The molecule has 1 atom stereocenters. The Morgan fingerprint density at radius 3 is 2.71 bits per heavy atom. The number of rotatable bonds is 3. The van der Waals surface area contributed by atoms with Crippen molar-refractivity contribution in [1.82, 2.24) is 14.5 Å². The summed E-state index contributed by atoms with van der Waals surface area (Å²) in [5.74, 6) is 0.0902. The molecule has 5 nitrogen and oxygen atoms in total. The highest BCUT2D eigenvalue weighted by Crippen LogP contribution is 2.30. The van der Waals surface area contributed by atoms with Crippen LogP contribution >= 0.6 is 23.1 Å². The van der Waals surface area contributed by atoms with Crippen molar-refractivity contribution < 1.29 is 4.79 Å². The van der Waals surface area contributed by atoms with Crippen LogP contribution in [-0.4, -0.2) is 32.2 Å². The molecule has 0 aliphatic carbocycles. The van der Waals surface area contributed by atoms with E-state index in [1.165, 1.54) is 34.2 Å². The van der Waals surface area contributed by atoms with Crippen molar-refractivity contribution in [3.05, 3.63) is 56.2 Å². The summed E-state index contributed by atoms with van der Waals surface area (Å²) in [4.78, 5) is 34.3. The molecule has 1 aromatic carbocycles. The number of hydrogen-bond donors (Lipinski definition) is 0. The minimum absolute atomic E-state index is 0.0408. The molecule has 1 amide bonds. The number of hydrogen-bond acceptors (Lipinski definition) is 5. The van der Waals surface area contributed by atoms with Crippen LogP contribution in [0, 0.1) is 13.8 Å². The minimum Gasteiger partial charge on any atom is -0.337 e. The second-order valence-corrected chi connectivity index (χ2v) is 9.77. The van der Waals surface area contributed by atoms with E-state index in [0.717, 1.165) is 28.2 Å². The average Bonchev–Trinajstić information content (AvgIpc) is 2.98. The summed E-state index contributed by atoms with van der Waals surface area (Å²) in [6.07, 6.45) is 0.885. The van der Waals surface area contributed by atoms with Gasteiger partial charge < -0.3 is 4.90 Å². The van der Waals surface area contributed by atoms with Crippen molar-refractivity contribution in [3.63, 3.8) is 0 Å². The fourth-order valence-corrected chi connectivity index (χ4v) is 5.64. The Morgan fingerprint density at radius 2 is 1.96 bits per heavy atom. The molecule has 0 saturated carbocycles. The zero-order valence-electron chi connectivity index (χ0n) is 16.5. The van der Waals surface area contributed by atoms with E-state index in [-0.39, 0.29) is 16.7 Å². The van der Waals surface area contributed by atoms with Crippen LogP contribution in [0.4, 0.5) is 0 Å². The second kappa shape index (κ2) is 7.37. The van der Waals surface area contributed by atoms with Gasteiger partial charge in [-0.1, -0.05) is 36.0 Å². The Bertz CT molecular complexity index is 1130. The zero-order chi connectivity index (χ0) is 20.0. The molecule has 0 fully saturated rings. The zero-order valence-corrected chi connectivity index (χ0v) is 18.1. The Kier molecular flexibility index (Phi) is 5.05. The summed E-state index contributed by atoms with van der Waals surface area (Å²) in [7, 11) is 1.73. The van der Waals surface area contributed by atoms with E-state index in [4.69, 9.17) is 4.98 Å². The van der Waals surface area contributed by atoms with Gasteiger partial charge in [0, 0.05) is 25.0 Å². The van der Waals surface area contributed by atoms with Crippen molar-refractivity contribution in [3.8, 4) is 0 Å². The second-order valence-electron chi connectivity index (χ2n) is 7.26. The molecule has 146 valence electrons. The lowest BCUT2D eigenvalue weighted by Crippen LogP contribution is -2.40. The molecule has 0 saturated heterocycles. The van der Waals surface area contributed by atoms with Crippen molar-refractivity contribution >= 4 is 39.2 Å².